The Balaban J connectivity index is 0. The summed E-state index contributed by atoms with van der Waals surface area (Å²) in [7, 11) is -4.57. The summed E-state index contributed by atoms with van der Waals surface area (Å²) in [4.78, 5) is 0. The minimum Gasteiger partial charge on any atom is -0.726 e. The molecule has 0 atom stereocenters. The van der Waals surface area contributed by atoms with Crippen LogP contribution < -0.4 is 0 Å². The molecule has 5 nitrogen and oxygen atoms in total. The van der Waals surface area contributed by atoms with Gasteiger partial charge in [0, 0.05) is 23.7 Å². The average Bonchev–Trinajstić information content (AvgIpc) is 2.38. The molecule has 0 N–H and O–H groups in total. The summed E-state index contributed by atoms with van der Waals surface area (Å²) in [5.41, 5.74) is 0. The van der Waals surface area contributed by atoms with Crippen molar-refractivity contribution in [3.63, 3.8) is 0 Å². The van der Waals surface area contributed by atoms with Crippen molar-refractivity contribution in [3.05, 3.63) is 0 Å². The molecule has 0 saturated carbocycles. The molecular weight excluding hydrogens is 335 g/mol. The van der Waals surface area contributed by atoms with Crippen LogP contribution in [0.4, 0.5) is 0 Å². The largest absolute Gasteiger partial charge is 0.726 e. The number of hydrogen-bond donors (Lipinski definition) is 0. The topological polar surface area (TPSA) is 75.7 Å². The van der Waals surface area contributed by atoms with Gasteiger partial charge >= 0.3 is 0 Å². The van der Waals surface area contributed by atoms with Gasteiger partial charge in [0.05, 0.1) is 13.2 Å². The SMILES string of the molecule is CCCCCCCCCCCCOCCOS(=O)(=O)[O-].[Mn]. The molecule has 0 aromatic heterocycles. The summed E-state index contributed by atoms with van der Waals surface area (Å²) >= 11 is 0. The van der Waals surface area contributed by atoms with Crippen LogP contribution in [0.2, 0.25) is 0 Å². The van der Waals surface area contributed by atoms with E-state index in [4.69, 9.17) is 4.74 Å². The van der Waals surface area contributed by atoms with E-state index in [1.807, 2.05) is 0 Å². The molecule has 0 aromatic carbocycles. The summed E-state index contributed by atoms with van der Waals surface area (Å²) in [5, 5.41) is 0. The Hall–Kier alpha value is 0.349. The van der Waals surface area contributed by atoms with Crippen LogP contribution >= 0.6 is 0 Å². The minimum atomic E-state index is -4.57. The van der Waals surface area contributed by atoms with Crippen LogP contribution in [0.5, 0.6) is 0 Å². The Kier molecular flexibility index (Phi) is 18.8. The zero-order valence-electron chi connectivity index (χ0n) is 13.0. The molecule has 0 saturated heterocycles. The molecule has 0 rings (SSSR count). The normalized spacial score (nSPS) is 11.3. The van der Waals surface area contributed by atoms with Crippen LogP contribution in [0.3, 0.4) is 0 Å². The summed E-state index contributed by atoms with van der Waals surface area (Å²) in [6, 6.07) is 0. The van der Waals surface area contributed by atoms with E-state index in [1.165, 1.54) is 51.4 Å². The first kappa shape index (κ1) is 23.6. The zero-order chi connectivity index (χ0) is 15.1. The molecule has 129 valence electrons. The Labute approximate surface area is 140 Å². The minimum absolute atomic E-state index is 0. The number of ether oxygens (including phenoxy) is 1. The Morgan fingerprint density at radius 2 is 1.24 bits per heavy atom. The first-order valence-electron chi connectivity index (χ1n) is 7.74. The van der Waals surface area contributed by atoms with Crippen molar-refractivity contribution >= 4 is 10.4 Å². The Morgan fingerprint density at radius 1 is 0.762 bits per heavy atom. The summed E-state index contributed by atoms with van der Waals surface area (Å²) in [6.07, 6.45) is 12.7. The van der Waals surface area contributed by atoms with Gasteiger partial charge in [-0.25, -0.2) is 8.42 Å². The third kappa shape index (κ3) is 22.8. The standard InChI is InChI=1S/C14H30O5S.Mn/c1-2-3-4-5-6-7-8-9-10-11-12-18-13-14-19-20(15,16)17;/h2-14H2,1H3,(H,15,16,17);/p-1. The molecule has 0 aliphatic rings. The number of unbranched alkanes of at least 4 members (excludes halogenated alkanes) is 9. The van der Waals surface area contributed by atoms with E-state index in [9.17, 15) is 13.0 Å². The van der Waals surface area contributed by atoms with E-state index in [1.54, 1.807) is 0 Å². The fraction of sp³-hybridized carbons (Fsp3) is 1.00. The van der Waals surface area contributed by atoms with Crippen LogP contribution in [0.1, 0.15) is 71.1 Å². The van der Waals surface area contributed by atoms with Crippen molar-refractivity contribution in [1.82, 2.24) is 0 Å². The monoisotopic (exact) mass is 364 g/mol. The number of rotatable bonds is 15. The van der Waals surface area contributed by atoms with Crippen molar-refractivity contribution in [1.29, 1.82) is 0 Å². The predicted octanol–water partition coefficient (Wildman–Crippen LogP) is 3.40. The molecular formula is C14H29MnO5S-. The summed E-state index contributed by atoms with van der Waals surface area (Å²) in [6.45, 7) is 2.79. The van der Waals surface area contributed by atoms with Crippen molar-refractivity contribution in [2.24, 2.45) is 0 Å². The van der Waals surface area contributed by atoms with Crippen LogP contribution in [-0.4, -0.2) is 32.8 Å². The quantitative estimate of drug-likeness (QED) is 0.193. The van der Waals surface area contributed by atoms with Crippen molar-refractivity contribution in [3.8, 4) is 0 Å². The molecule has 0 aliphatic heterocycles. The van der Waals surface area contributed by atoms with E-state index >= 15 is 0 Å². The van der Waals surface area contributed by atoms with Gasteiger partial charge in [-0.3, -0.25) is 4.18 Å². The second-order valence-electron chi connectivity index (χ2n) is 5.02. The van der Waals surface area contributed by atoms with Crippen LogP contribution in [0, 0.1) is 0 Å². The number of hydrogen-bond acceptors (Lipinski definition) is 5. The van der Waals surface area contributed by atoms with Gasteiger partial charge in [0.15, 0.2) is 0 Å². The molecule has 21 heavy (non-hydrogen) atoms. The molecule has 0 bridgehead atoms. The van der Waals surface area contributed by atoms with E-state index in [0.717, 1.165) is 12.8 Å². The molecule has 0 fully saturated rings. The maximum Gasteiger partial charge on any atom is 0.217 e. The van der Waals surface area contributed by atoms with E-state index in [2.05, 4.69) is 11.1 Å². The van der Waals surface area contributed by atoms with Crippen LogP contribution in [-0.2, 0) is 36.4 Å². The molecule has 7 heteroatoms. The second kappa shape index (κ2) is 16.7. The second-order valence-corrected chi connectivity index (χ2v) is 6.08. The van der Waals surface area contributed by atoms with Crippen molar-refractivity contribution in [2.75, 3.05) is 19.8 Å². The van der Waals surface area contributed by atoms with Crippen molar-refractivity contribution < 1.29 is 39.0 Å². The Bertz CT molecular complexity index is 296. The molecule has 0 aromatic rings. The first-order valence-corrected chi connectivity index (χ1v) is 9.07. The molecule has 0 aliphatic carbocycles. The Morgan fingerprint density at radius 3 is 1.71 bits per heavy atom. The van der Waals surface area contributed by atoms with Gasteiger partial charge in [0.2, 0.25) is 10.4 Å². The van der Waals surface area contributed by atoms with Crippen molar-refractivity contribution in [2.45, 2.75) is 71.1 Å². The molecule has 0 spiro atoms. The van der Waals surface area contributed by atoms with Gasteiger partial charge in [-0.05, 0) is 6.42 Å². The van der Waals surface area contributed by atoms with Gasteiger partial charge in [-0.2, -0.15) is 0 Å². The van der Waals surface area contributed by atoms with Gasteiger partial charge in [0.1, 0.15) is 0 Å². The average molecular weight is 364 g/mol. The van der Waals surface area contributed by atoms with E-state index in [-0.39, 0.29) is 30.3 Å². The van der Waals surface area contributed by atoms with Gasteiger partial charge in [-0.1, -0.05) is 64.7 Å². The fourth-order valence-corrected chi connectivity index (χ4v) is 2.26. The molecule has 0 amide bonds. The third-order valence-electron chi connectivity index (χ3n) is 3.10. The predicted molar refractivity (Wildman–Crippen MR) is 78.3 cm³/mol. The maximum atomic E-state index is 10.1. The van der Waals surface area contributed by atoms with Crippen LogP contribution in [0.15, 0.2) is 0 Å². The van der Waals surface area contributed by atoms with Gasteiger partial charge < -0.3 is 9.29 Å². The van der Waals surface area contributed by atoms with Gasteiger partial charge in [-0.15, -0.1) is 0 Å². The van der Waals surface area contributed by atoms with E-state index < -0.39 is 10.4 Å². The summed E-state index contributed by atoms with van der Waals surface area (Å²) in [5.74, 6) is 0. The zero-order valence-corrected chi connectivity index (χ0v) is 15.0. The smallest absolute Gasteiger partial charge is 0.217 e. The maximum absolute atomic E-state index is 10.1. The summed E-state index contributed by atoms with van der Waals surface area (Å²) < 4.78 is 39.5. The van der Waals surface area contributed by atoms with E-state index in [0.29, 0.717) is 6.61 Å². The van der Waals surface area contributed by atoms with Crippen LogP contribution in [0.25, 0.3) is 0 Å². The molecule has 1 radical (unpaired) electrons. The van der Waals surface area contributed by atoms with Gasteiger partial charge in [0.25, 0.3) is 0 Å². The first-order chi connectivity index (χ1) is 9.56. The third-order valence-corrected chi connectivity index (χ3v) is 3.55. The molecule has 0 heterocycles. The molecule has 0 unspecified atom stereocenters. The fourth-order valence-electron chi connectivity index (χ4n) is 1.99.